The van der Waals surface area contributed by atoms with Crippen molar-refractivity contribution in [2.75, 3.05) is 13.2 Å². The first-order chi connectivity index (χ1) is 12.7. The molecule has 1 amide bonds. The van der Waals surface area contributed by atoms with Gasteiger partial charge >= 0.3 is 5.97 Å². The lowest BCUT2D eigenvalue weighted by Gasteiger charge is -2.14. The molecule has 0 N–H and O–H groups in total. The largest absolute Gasteiger partial charge is 0.456 e. The number of sulfonamides is 1. The lowest BCUT2D eigenvalue weighted by molar-refractivity contribution is -0.142. The van der Waals surface area contributed by atoms with Crippen LogP contribution in [0.2, 0.25) is 10.0 Å². The number of esters is 1. The van der Waals surface area contributed by atoms with E-state index in [1.807, 2.05) is 0 Å². The van der Waals surface area contributed by atoms with Crippen LogP contribution in [-0.2, 0) is 19.6 Å². The highest BCUT2D eigenvalue weighted by molar-refractivity contribution is 7.90. The van der Waals surface area contributed by atoms with Crippen molar-refractivity contribution in [3.05, 3.63) is 63.6 Å². The summed E-state index contributed by atoms with van der Waals surface area (Å²) in [6.07, 6.45) is 0. The number of rotatable bonds is 5. The molecule has 0 aromatic heterocycles. The van der Waals surface area contributed by atoms with Crippen LogP contribution in [0.5, 0.6) is 0 Å². The minimum Gasteiger partial charge on any atom is -0.456 e. The Kier molecular flexibility index (Phi) is 5.23. The van der Waals surface area contributed by atoms with Gasteiger partial charge in [0.05, 0.1) is 15.6 Å². The Morgan fingerprint density at radius 3 is 2.41 bits per heavy atom. The number of nitrogens with zero attached hydrogens (tertiary/aromatic N) is 1. The number of carbonyl (C=O) groups is 3. The van der Waals surface area contributed by atoms with Gasteiger partial charge in [0, 0.05) is 5.56 Å². The van der Waals surface area contributed by atoms with Crippen molar-refractivity contribution in [3.8, 4) is 0 Å². The van der Waals surface area contributed by atoms with E-state index in [0.29, 0.717) is 4.31 Å². The predicted octanol–water partition coefficient (Wildman–Crippen LogP) is 2.56. The third-order valence-corrected chi connectivity index (χ3v) is 6.32. The smallest absolute Gasteiger partial charge is 0.327 e. The molecular weight excluding hydrogens is 417 g/mol. The summed E-state index contributed by atoms with van der Waals surface area (Å²) < 4.78 is 30.0. The number of ether oxygens (including phenoxy) is 1. The van der Waals surface area contributed by atoms with Gasteiger partial charge in [0.1, 0.15) is 11.4 Å². The minimum atomic E-state index is -4.13. The number of fused-ring (bicyclic) bond motifs is 1. The second-order valence-corrected chi connectivity index (χ2v) is 8.17. The van der Waals surface area contributed by atoms with Crippen LogP contribution in [0.1, 0.15) is 20.7 Å². The van der Waals surface area contributed by atoms with Gasteiger partial charge in [-0.15, -0.1) is 0 Å². The molecule has 2 aromatic carbocycles. The third-order valence-electron chi connectivity index (χ3n) is 3.79. The molecule has 10 heteroatoms. The van der Waals surface area contributed by atoms with Crippen LogP contribution in [0.25, 0.3) is 0 Å². The summed E-state index contributed by atoms with van der Waals surface area (Å²) >= 11 is 11.6. The van der Waals surface area contributed by atoms with E-state index in [4.69, 9.17) is 27.9 Å². The Hall–Kier alpha value is -2.42. The molecule has 0 unspecified atom stereocenters. The first-order valence-electron chi connectivity index (χ1n) is 7.52. The van der Waals surface area contributed by atoms with Gasteiger partial charge in [-0.25, -0.2) is 12.7 Å². The second kappa shape index (κ2) is 7.30. The summed E-state index contributed by atoms with van der Waals surface area (Å²) in [7, 11) is -4.13. The van der Waals surface area contributed by atoms with Crippen LogP contribution in [0.4, 0.5) is 0 Å². The first kappa shape index (κ1) is 19.3. The van der Waals surface area contributed by atoms with Gasteiger partial charge in [-0.2, -0.15) is 0 Å². The van der Waals surface area contributed by atoms with Crippen molar-refractivity contribution < 1.29 is 27.5 Å². The number of amides is 1. The molecule has 0 fully saturated rings. The third kappa shape index (κ3) is 3.69. The molecule has 0 bridgehead atoms. The van der Waals surface area contributed by atoms with E-state index in [2.05, 4.69) is 0 Å². The zero-order valence-electron chi connectivity index (χ0n) is 13.5. The highest BCUT2D eigenvalue weighted by Crippen LogP contribution is 2.29. The Labute approximate surface area is 164 Å². The van der Waals surface area contributed by atoms with Gasteiger partial charge in [0.15, 0.2) is 12.4 Å². The van der Waals surface area contributed by atoms with E-state index in [9.17, 15) is 22.8 Å². The molecule has 3 rings (SSSR count). The zero-order valence-corrected chi connectivity index (χ0v) is 15.8. The number of hydrogen-bond donors (Lipinski definition) is 0. The first-order valence-corrected chi connectivity index (χ1v) is 9.71. The highest BCUT2D eigenvalue weighted by Gasteiger charge is 2.42. The van der Waals surface area contributed by atoms with Crippen molar-refractivity contribution in [1.82, 2.24) is 4.31 Å². The molecule has 7 nitrogen and oxygen atoms in total. The van der Waals surface area contributed by atoms with E-state index in [0.717, 1.165) is 0 Å². The van der Waals surface area contributed by atoms with Crippen molar-refractivity contribution in [1.29, 1.82) is 0 Å². The number of carbonyl (C=O) groups excluding carboxylic acids is 3. The number of halogens is 2. The highest BCUT2D eigenvalue weighted by atomic mass is 35.5. The van der Waals surface area contributed by atoms with E-state index in [1.54, 1.807) is 0 Å². The fraction of sp³-hybridized carbons (Fsp3) is 0.118. The normalized spacial score (nSPS) is 14.7. The summed E-state index contributed by atoms with van der Waals surface area (Å²) in [6.45, 7) is -1.46. The van der Waals surface area contributed by atoms with Gasteiger partial charge in [0.25, 0.3) is 15.9 Å². The Morgan fingerprint density at radius 2 is 1.74 bits per heavy atom. The maximum Gasteiger partial charge on any atom is 0.327 e. The number of Topliss-reactive ketones (excluding diaryl/α,β-unsaturated/α-hetero) is 1. The quantitative estimate of drug-likeness (QED) is 0.537. The van der Waals surface area contributed by atoms with E-state index in [1.165, 1.54) is 42.5 Å². The average molecular weight is 428 g/mol. The lowest BCUT2D eigenvalue weighted by Crippen LogP contribution is -2.36. The van der Waals surface area contributed by atoms with Crippen molar-refractivity contribution in [2.24, 2.45) is 0 Å². The maximum absolute atomic E-state index is 12.4. The van der Waals surface area contributed by atoms with Crippen molar-refractivity contribution >= 4 is 50.9 Å². The predicted molar refractivity (Wildman–Crippen MR) is 96.4 cm³/mol. The van der Waals surface area contributed by atoms with Gasteiger partial charge < -0.3 is 4.74 Å². The van der Waals surface area contributed by atoms with Crippen molar-refractivity contribution in [3.63, 3.8) is 0 Å². The average Bonchev–Trinajstić information content (AvgIpc) is 2.83. The molecule has 2 aromatic rings. The molecule has 1 aliphatic heterocycles. The number of benzene rings is 2. The monoisotopic (exact) mass is 427 g/mol. The molecule has 27 heavy (non-hydrogen) atoms. The van der Waals surface area contributed by atoms with E-state index < -0.39 is 40.8 Å². The Morgan fingerprint density at radius 1 is 1.04 bits per heavy atom. The SMILES string of the molecule is O=C(CN1C(=O)c2ccccc2S1(=O)=O)OCC(=O)c1ccc(Cl)c(Cl)c1. The molecule has 0 radical (unpaired) electrons. The minimum absolute atomic E-state index is 0.0165. The summed E-state index contributed by atoms with van der Waals surface area (Å²) in [5, 5.41) is 0.433. The summed E-state index contributed by atoms with van der Waals surface area (Å²) in [4.78, 5) is 36.1. The maximum atomic E-state index is 12.4. The van der Waals surface area contributed by atoms with Crippen LogP contribution in [0.15, 0.2) is 47.4 Å². The molecule has 1 aliphatic rings. The van der Waals surface area contributed by atoms with Crippen LogP contribution in [0.3, 0.4) is 0 Å². The molecule has 0 saturated heterocycles. The standard InChI is InChI=1S/C17H11Cl2NO6S/c18-12-6-5-10(7-13(12)19)14(21)9-26-16(22)8-20-17(23)11-3-1-2-4-15(11)27(20,24)25/h1-7H,8-9H2. The molecule has 1 heterocycles. The fourth-order valence-electron chi connectivity index (χ4n) is 2.45. The number of hydrogen-bond acceptors (Lipinski definition) is 6. The van der Waals surface area contributed by atoms with Gasteiger partial charge in [0.2, 0.25) is 0 Å². The van der Waals surface area contributed by atoms with Gasteiger partial charge in [-0.1, -0.05) is 35.3 Å². The van der Waals surface area contributed by atoms with Gasteiger partial charge in [-0.05, 0) is 30.3 Å². The van der Waals surface area contributed by atoms with Gasteiger partial charge in [-0.3, -0.25) is 14.4 Å². The molecule has 0 atom stereocenters. The summed E-state index contributed by atoms with van der Waals surface area (Å²) in [5.41, 5.74) is 0.159. The van der Waals surface area contributed by atoms with Crippen molar-refractivity contribution in [2.45, 2.75) is 4.90 Å². The summed E-state index contributed by atoms with van der Waals surface area (Å²) in [6, 6.07) is 9.79. The Balaban J connectivity index is 1.66. The molecule has 0 saturated carbocycles. The zero-order chi connectivity index (χ0) is 19.8. The molecule has 0 spiro atoms. The van der Waals surface area contributed by atoms with E-state index in [-0.39, 0.29) is 26.1 Å². The van der Waals surface area contributed by atoms with Crippen LogP contribution < -0.4 is 0 Å². The topological polar surface area (TPSA) is 97.8 Å². The fourth-order valence-corrected chi connectivity index (χ4v) is 4.26. The molecular formula is C17H11Cl2NO6S. The summed E-state index contributed by atoms with van der Waals surface area (Å²) in [5.74, 6) is -2.41. The second-order valence-electron chi connectivity index (χ2n) is 5.53. The molecule has 140 valence electrons. The number of ketones is 1. The van der Waals surface area contributed by atoms with Crippen LogP contribution in [-0.4, -0.2) is 43.5 Å². The van der Waals surface area contributed by atoms with Crippen LogP contribution in [0, 0.1) is 0 Å². The van der Waals surface area contributed by atoms with E-state index >= 15 is 0 Å². The lowest BCUT2D eigenvalue weighted by atomic mass is 10.1. The molecule has 0 aliphatic carbocycles. The Bertz CT molecular complexity index is 1070. The van der Waals surface area contributed by atoms with Crippen LogP contribution >= 0.6 is 23.2 Å².